The number of aromatic nitrogens is 2. The van der Waals surface area contributed by atoms with E-state index in [4.69, 9.17) is 0 Å². The molecule has 2 aromatic carbocycles. The van der Waals surface area contributed by atoms with Gasteiger partial charge in [-0.25, -0.2) is 13.8 Å². The SMILES string of the molecule is O=C(c1ccc(Br)cc1)N(Cc1cccnc1)c1nc2c(F)cc(F)cc2s1. The standard InChI is InChI=1S/C20H12BrF2N3OS/c21-14-5-3-13(4-6-14)19(27)26(11-12-2-1-7-24-10-12)20-25-18-16(23)8-15(22)9-17(18)28-20/h1-10H,11H2. The highest BCUT2D eigenvalue weighted by Gasteiger charge is 2.23. The summed E-state index contributed by atoms with van der Waals surface area (Å²) in [6.45, 7) is 0.201. The van der Waals surface area contributed by atoms with Gasteiger partial charge in [0.2, 0.25) is 0 Å². The molecule has 0 radical (unpaired) electrons. The van der Waals surface area contributed by atoms with Crippen molar-refractivity contribution in [2.24, 2.45) is 0 Å². The Bertz CT molecular complexity index is 1150. The molecule has 28 heavy (non-hydrogen) atoms. The first kappa shape index (κ1) is 18.6. The molecule has 0 saturated carbocycles. The normalized spacial score (nSPS) is 11.0. The molecule has 0 aliphatic heterocycles. The van der Waals surface area contributed by atoms with Gasteiger partial charge in [-0.1, -0.05) is 33.3 Å². The van der Waals surface area contributed by atoms with Crippen molar-refractivity contribution in [3.05, 3.63) is 88.2 Å². The predicted molar refractivity (Wildman–Crippen MR) is 108 cm³/mol. The zero-order valence-corrected chi connectivity index (χ0v) is 16.7. The van der Waals surface area contributed by atoms with Crippen LogP contribution in [0, 0.1) is 11.6 Å². The second kappa shape index (κ2) is 7.73. The summed E-state index contributed by atoms with van der Waals surface area (Å²) in [5.41, 5.74) is 1.29. The largest absolute Gasteiger partial charge is 0.279 e. The number of thiazole rings is 1. The first-order chi connectivity index (χ1) is 13.5. The van der Waals surface area contributed by atoms with Gasteiger partial charge in [0.25, 0.3) is 5.91 Å². The fraction of sp³-hybridized carbons (Fsp3) is 0.0500. The van der Waals surface area contributed by atoms with Crippen LogP contribution in [-0.4, -0.2) is 15.9 Å². The Hall–Kier alpha value is -2.71. The molecule has 4 aromatic rings. The van der Waals surface area contributed by atoms with Crippen molar-refractivity contribution < 1.29 is 13.6 Å². The number of hydrogen-bond acceptors (Lipinski definition) is 4. The molecule has 0 fully saturated rings. The van der Waals surface area contributed by atoms with E-state index in [9.17, 15) is 13.6 Å². The summed E-state index contributed by atoms with van der Waals surface area (Å²) in [5, 5.41) is 0.288. The van der Waals surface area contributed by atoms with Crippen LogP contribution in [0.4, 0.5) is 13.9 Å². The Balaban J connectivity index is 1.79. The van der Waals surface area contributed by atoms with Crippen molar-refractivity contribution >= 4 is 48.5 Å². The molecular weight excluding hydrogens is 448 g/mol. The molecule has 0 saturated heterocycles. The van der Waals surface area contributed by atoms with Gasteiger partial charge in [0.1, 0.15) is 11.3 Å². The van der Waals surface area contributed by atoms with Gasteiger partial charge in [-0.05, 0) is 42.0 Å². The third kappa shape index (κ3) is 3.79. The zero-order valence-electron chi connectivity index (χ0n) is 14.3. The lowest BCUT2D eigenvalue weighted by molar-refractivity contribution is 0.0985. The van der Waals surface area contributed by atoms with Crippen LogP contribution in [0.25, 0.3) is 10.2 Å². The molecule has 0 unspecified atom stereocenters. The summed E-state index contributed by atoms with van der Waals surface area (Å²) in [6, 6.07) is 12.5. The van der Waals surface area contributed by atoms with Gasteiger partial charge < -0.3 is 0 Å². The maximum Gasteiger partial charge on any atom is 0.260 e. The summed E-state index contributed by atoms with van der Waals surface area (Å²) >= 11 is 4.41. The lowest BCUT2D eigenvalue weighted by Crippen LogP contribution is -2.30. The van der Waals surface area contributed by atoms with Gasteiger partial charge >= 0.3 is 0 Å². The average molecular weight is 460 g/mol. The van der Waals surface area contributed by atoms with E-state index in [2.05, 4.69) is 25.9 Å². The molecule has 8 heteroatoms. The maximum atomic E-state index is 14.1. The number of nitrogens with zero attached hydrogens (tertiary/aromatic N) is 3. The third-order valence-corrected chi connectivity index (χ3v) is 5.59. The first-order valence-corrected chi connectivity index (χ1v) is 9.84. The van der Waals surface area contributed by atoms with Crippen LogP contribution in [0.3, 0.4) is 0 Å². The van der Waals surface area contributed by atoms with E-state index in [0.29, 0.717) is 10.3 Å². The minimum atomic E-state index is -0.755. The Morgan fingerprint density at radius 2 is 1.93 bits per heavy atom. The highest BCUT2D eigenvalue weighted by Crippen LogP contribution is 2.32. The highest BCUT2D eigenvalue weighted by atomic mass is 79.9. The van der Waals surface area contributed by atoms with Crippen molar-refractivity contribution in [3.63, 3.8) is 0 Å². The molecular formula is C20H12BrF2N3OS. The molecule has 2 aromatic heterocycles. The van der Waals surface area contributed by atoms with Crippen LogP contribution < -0.4 is 4.90 Å². The molecule has 4 nitrogen and oxygen atoms in total. The number of amides is 1. The zero-order chi connectivity index (χ0) is 19.7. The summed E-state index contributed by atoms with van der Waals surface area (Å²) in [7, 11) is 0. The Labute approximate surface area is 171 Å². The molecule has 4 rings (SSSR count). The van der Waals surface area contributed by atoms with E-state index in [1.807, 2.05) is 6.07 Å². The Morgan fingerprint density at radius 1 is 1.14 bits per heavy atom. The van der Waals surface area contributed by atoms with E-state index in [1.165, 1.54) is 11.0 Å². The molecule has 0 atom stereocenters. The van der Waals surface area contributed by atoms with Crippen molar-refractivity contribution in [1.29, 1.82) is 0 Å². The van der Waals surface area contributed by atoms with Crippen LogP contribution in [0.1, 0.15) is 15.9 Å². The van der Waals surface area contributed by atoms with Gasteiger partial charge in [-0.15, -0.1) is 0 Å². The van der Waals surface area contributed by atoms with Gasteiger partial charge in [-0.2, -0.15) is 0 Å². The van der Waals surface area contributed by atoms with Crippen LogP contribution in [0.15, 0.2) is 65.4 Å². The number of halogens is 3. The number of anilines is 1. The number of fused-ring (bicyclic) bond motifs is 1. The topological polar surface area (TPSA) is 46.1 Å². The van der Waals surface area contributed by atoms with Crippen LogP contribution in [-0.2, 0) is 6.54 Å². The van der Waals surface area contributed by atoms with E-state index in [0.717, 1.165) is 27.4 Å². The molecule has 0 aliphatic rings. The summed E-state index contributed by atoms with van der Waals surface area (Å²) in [4.78, 5) is 23.0. The van der Waals surface area contributed by atoms with E-state index >= 15 is 0 Å². The molecule has 2 heterocycles. The quantitative estimate of drug-likeness (QED) is 0.400. The van der Waals surface area contributed by atoms with Crippen LogP contribution >= 0.6 is 27.3 Å². The molecule has 0 aliphatic carbocycles. The number of hydrogen-bond donors (Lipinski definition) is 0. The second-order valence-corrected chi connectivity index (χ2v) is 7.92. The number of carbonyl (C=O) groups is 1. The van der Waals surface area contributed by atoms with Crippen molar-refractivity contribution in [2.45, 2.75) is 6.54 Å². The fourth-order valence-corrected chi connectivity index (χ4v) is 3.98. The highest BCUT2D eigenvalue weighted by molar-refractivity contribution is 9.10. The van der Waals surface area contributed by atoms with E-state index in [-0.39, 0.29) is 23.1 Å². The minimum Gasteiger partial charge on any atom is -0.279 e. The molecule has 140 valence electrons. The average Bonchev–Trinajstić information content (AvgIpc) is 3.11. The minimum absolute atomic E-state index is 0.0428. The van der Waals surface area contributed by atoms with Crippen LogP contribution in [0.5, 0.6) is 0 Å². The van der Waals surface area contributed by atoms with Gasteiger partial charge in [0, 0.05) is 28.5 Å². The van der Waals surface area contributed by atoms with Crippen molar-refractivity contribution in [1.82, 2.24) is 9.97 Å². The van der Waals surface area contributed by atoms with Crippen LogP contribution in [0.2, 0.25) is 0 Å². The summed E-state index contributed by atoms with van der Waals surface area (Å²) < 4.78 is 28.9. The van der Waals surface area contributed by atoms with Crippen molar-refractivity contribution in [3.8, 4) is 0 Å². The Morgan fingerprint density at radius 3 is 2.64 bits per heavy atom. The van der Waals surface area contributed by atoms with E-state index < -0.39 is 11.6 Å². The Kier molecular flexibility index (Phi) is 5.15. The molecule has 1 amide bonds. The molecule has 0 N–H and O–H groups in total. The maximum absolute atomic E-state index is 14.1. The molecule has 0 bridgehead atoms. The third-order valence-electron chi connectivity index (χ3n) is 4.03. The fourth-order valence-electron chi connectivity index (χ4n) is 2.71. The van der Waals surface area contributed by atoms with E-state index in [1.54, 1.807) is 42.7 Å². The van der Waals surface area contributed by atoms with Gasteiger partial charge in [-0.3, -0.25) is 14.7 Å². The number of rotatable bonds is 4. The number of carbonyl (C=O) groups excluding carboxylic acids is 1. The molecule has 0 spiro atoms. The monoisotopic (exact) mass is 459 g/mol. The first-order valence-electron chi connectivity index (χ1n) is 8.23. The predicted octanol–water partition coefficient (Wildman–Crippen LogP) is 5.58. The number of pyridine rings is 1. The van der Waals surface area contributed by atoms with Gasteiger partial charge in [0.05, 0.1) is 11.2 Å². The second-order valence-electron chi connectivity index (χ2n) is 5.99. The lowest BCUT2D eigenvalue weighted by atomic mass is 10.2. The number of benzene rings is 2. The smallest absolute Gasteiger partial charge is 0.260 e. The van der Waals surface area contributed by atoms with Crippen molar-refractivity contribution in [2.75, 3.05) is 4.90 Å². The van der Waals surface area contributed by atoms with Gasteiger partial charge in [0.15, 0.2) is 10.9 Å². The lowest BCUT2D eigenvalue weighted by Gasteiger charge is -2.20. The summed E-state index contributed by atoms with van der Waals surface area (Å²) in [6.07, 6.45) is 3.29. The summed E-state index contributed by atoms with van der Waals surface area (Å²) in [5.74, 6) is -1.73.